The molecule has 2 aromatic carbocycles. The number of ether oxygens (including phenoxy) is 2. The number of anilines is 1. The van der Waals surface area contributed by atoms with E-state index in [1.807, 2.05) is 4.90 Å². The molecule has 11 nitrogen and oxygen atoms in total. The van der Waals surface area contributed by atoms with Crippen molar-refractivity contribution in [2.24, 2.45) is 0 Å². The van der Waals surface area contributed by atoms with Crippen molar-refractivity contribution >= 4 is 23.2 Å². The van der Waals surface area contributed by atoms with E-state index in [-0.39, 0.29) is 23.6 Å². The van der Waals surface area contributed by atoms with Gasteiger partial charge in [-0.1, -0.05) is 6.07 Å². The summed E-state index contributed by atoms with van der Waals surface area (Å²) in [7, 11) is 3.09. The molecule has 0 aliphatic carbocycles. The number of piperazine rings is 1. The maximum atomic E-state index is 12.8. The number of amides is 2. The van der Waals surface area contributed by atoms with E-state index in [1.165, 1.54) is 24.7 Å². The van der Waals surface area contributed by atoms with E-state index in [1.54, 1.807) is 30.2 Å². The first-order valence-corrected chi connectivity index (χ1v) is 9.84. The van der Waals surface area contributed by atoms with Crippen molar-refractivity contribution in [2.75, 3.05) is 45.3 Å². The van der Waals surface area contributed by atoms with E-state index in [2.05, 4.69) is 0 Å². The fourth-order valence-corrected chi connectivity index (χ4v) is 3.62. The Balaban J connectivity index is 1.69. The lowest BCUT2D eigenvalue weighted by molar-refractivity contribution is -0.384. The number of hydroxylamine groups is 1. The lowest BCUT2D eigenvalue weighted by atomic mass is 10.1. The monoisotopic (exact) mass is 444 g/mol. The molecular weight excluding hydrogens is 420 g/mol. The van der Waals surface area contributed by atoms with E-state index in [0.29, 0.717) is 43.4 Å². The van der Waals surface area contributed by atoms with Gasteiger partial charge in [-0.05, 0) is 12.1 Å². The van der Waals surface area contributed by atoms with Crippen molar-refractivity contribution in [3.05, 3.63) is 57.6 Å². The zero-order valence-corrected chi connectivity index (χ0v) is 17.7. The molecule has 0 atom stereocenters. The van der Waals surface area contributed by atoms with Crippen LogP contribution in [0.4, 0.5) is 11.4 Å². The number of nitrogens with one attached hydrogen (secondary N) is 1. The minimum absolute atomic E-state index is 0.00977. The van der Waals surface area contributed by atoms with Gasteiger partial charge in [0.15, 0.2) is 0 Å². The third-order valence-corrected chi connectivity index (χ3v) is 5.35. The zero-order valence-electron chi connectivity index (χ0n) is 17.7. The minimum atomic E-state index is -0.839. The van der Waals surface area contributed by atoms with Crippen molar-refractivity contribution < 1.29 is 29.2 Å². The molecular formula is C21H24N4O7. The normalized spacial score (nSPS) is 13.5. The summed E-state index contributed by atoms with van der Waals surface area (Å²) >= 11 is 0. The highest BCUT2D eigenvalue weighted by atomic mass is 16.6. The van der Waals surface area contributed by atoms with Crippen LogP contribution < -0.4 is 19.9 Å². The number of hydrogen-bond donors (Lipinski definition) is 2. The first kappa shape index (κ1) is 22.8. The topological polar surface area (TPSA) is 134 Å². The SMILES string of the molecule is COc1ccc(CC(=O)N2CCN(c3ccc([N+](=O)[O-])cc3C(=O)NO)CC2)c(OC)c1. The molecule has 3 rings (SSSR count). The molecule has 1 aliphatic rings. The van der Waals surface area contributed by atoms with Crippen LogP contribution in [0.25, 0.3) is 0 Å². The molecule has 1 fully saturated rings. The molecule has 0 bridgehead atoms. The Morgan fingerprint density at radius 1 is 1.09 bits per heavy atom. The quantitative estimate of drug-likeness (QED) is 0.374. The summed E-state index contributed by atoms with van der Waals surface area (Å²) in [6, 6.07) is 9.19. The van der Waals surface area contributed by atoms with Gasteiger partial charge in [-0.3, -0.25) is 24.9 Å². The molecule has 0 radical (unpaired) electrons. The third kappa shape index (κ3) is 4.89. The summed E-state index contributed by atoms with van der Waals surface area (Å²) in [5.74, 6) is 0.304. The van der Waals surface area contributed by atoms with Crippen LogP contribution in [-0.2, 0) is 11.2 Å². The summed E-state index contributed by atoms with van der Waals surface area (Å²) in [5.41, 5.74) is 2.46. The lowest BCUT2D eigenvalue weighted by Crippen LogP contribution is -2.49. The second-order valence-electron chi connectivity index (χ2n) is 7.12. The van der Waals surface area contributed by atoms with Gasteiger partial charge in [-0.25, -0.2) is 5.48 Å². The van der Waals surface area contributed by atoms with Gasteiger partial charge in [0.1, 0.15) is 11.5 Å². The highest BCUT2D eigenvalue weighted by Gasteiger charge is 2.26. The molecule has 0 aromatic heterocycles. The van der Waals surface area contributed by atoms with Gasteiger partial charge in [0.2, 0.25) is 5.91 Å². The van der Waals surface area contributed by atoms with E-state index in [0.717, 1.165) is 11.6 Å². The smallest absolute Gasteiger partial charge is 0.276 e. The van der Waals surface area contributed by atoms with Crippen LogP contribution in [0.1, 0.15) is 15.9 Å². The second kappa shape index (κ2) is 9.96. The van der Waals surface area contributed by atoms with E-state index >= 15 is 0 Å². The molecule has 170 valence electrons. The van der Waals surface area contributed by atoms with Crippen molar-refractivity contribution in [1.29, 1.82) is 0 Å². The number of methoxy groups -OCH3 is 2. The maximum Gasteiger partial charge on any atom is 0.276 e. The predicted molar refractivity (Wildman–Crippen MR) is 114 cm³/mol. The zero-order chi connectivity index (χ0) is 23.3. The first-order valence-electron chi connectivity index (χ1n) is 9.84. The average molecular weight is 444 g/mol. The summed E-state index contributed by atoms with van der Waals surface area (Å²) in [6.45, 7) is 1.67. The molecule has 1 heterocycles. The van der Waals surface area contributed by atoms with E-state index < -0.39 is 10.8 Å². The molecule has 2 amide bonds. The highest BCUT2D eigenvalue weighted by Crippen LogP contribution is 2.28. The van der Waals surface area contributed by atoms with Crippen molar-refractivity contribution in [3.8, 4) is 11.5 Å². The number of rotatable bonds is 7. The Kier molecular flexibility index (Phi) is 7.11. The molecule has 11 heteroatoms. The molecule has 2 aromatic rings. The number of carbonyl (C=O) groups is 2. The van der Waals surface area contributed by atoms with Crippen LogP contribution in [0.5, 0.6) is 11.5 Å². The molecule has 0 spiro atoms. The standard InChI is InChI=1S/C21H24N4O7/c1-31-16-5-3-14(19(13-16)32-2)11-20(26)24-9-7-23(8-10-24)18-6-4-15(25(29)30)12-17(18)21(27)22-28/h3-6,12-13,28H,7-11H2,1-2H3,(H,22,27). The molecule has 32 heavy (non-hydrogen) atoms. The lowest BCUT2D eigenvalue weighted by Gasteiger charge is -2.36. The number of non-ortho nitro benzene ring substituents is 1. The van der Waals surface area contributed by atoms with Gasteiger partial charge in [0.05, 0.1) is 36.8 Å². The second-order valence-corrected chi connectivity index (χ2v) is 7.12. The molecule has 0 unspecified atom stereocenters. The fraction of sp³-hybridized carbons (Fsp3) is 0.333. The molecule has 2 N–H and O–H groups in total. The minimum Gasteiger partial charge on any atom is -0.497 e. The Bertz CT molecular complexity index is 1020. The highest BCUT2D eigenvalue weighted by molar-refractivity contribution is 6.00. The summed E-state index contributed by atoms with van der Waals surface area (Å²) < 4.78 is 10.5. The largest absolute Gasteiger partial charge is 0.497 e. The van der Waals surface area contributed by atoms with Crippen molar-refractivity contribution in [3.63, 3.8) is 0 Å². The number of nitro groups is 1. The number of nitrogens with zero attached hydrogens (tertiary/aromatic N) is 3. The van der Waals surface area contributed by atoms with Crippen molar-refractivity contribution in [2.45, 2.75) is 6.42 Å². The maximum absolute atomic E-state index is 12.8. The predicted octanol–water partition coefficient (Wildman–Crippen LogP) is 1.62. The third-order valence-electron chi connectivity index (χ3n) is 5.35. The summed E-state index contributed by atoms with van der Waals surface area (Å²) in [6.07, 6.45) is 0.170. The molecule has 0 saturated carbocycles. The fourth-order valence-electron chi connectivity index (χ4n) is 3.62. The molecule has 1 aliphatic heterocycles. The number of hydrogen-bond acceptors (Lipinski definition) is 8. The van der Waals surface area contributed by atoms with Gasteiger partial charge in [0, 0.05) is 49.9 Å². The van der Waals surface area contributed by atoms with Gasteiger partial charge in [-0.15, -0.1) is 0 Å². The van der Waals surface area contributed by atoms with Gasteiger partial charge < -0.3 is 19.3 Å². The van der Waals surface area contributed by atoms with E-state index in [9.17, 15) is 19.7 Å². The Morgan fingerprint density at radius 3 is 2.41 bits per heavy atom. The number of carbonyl (C=O) groups excluding carboxylic acids is 2. The van der Waals surface area contributed by atoms with Crippen LogP contribution in [-0.4, -0.2) is 67.2 Å². The van der Waals surface area contributed by atoms with Crippen LogP contribution in [0.2, 0.25) is 0 Å². The Morgan fingerprint density at radius 2 is 1.81 bits per heavy atom. The number of benzene rings is 2. The Hall–Kier alpha value is -3.86. The van der Waals surface area contributed by atoms with Crippen LogP contribution >= 0.6 is 0 Å². The number of nitro benzene ring substituents is 1. The van der Waals surface area contributed by atoms with Gasteiger partial charge >= 0.3 is 0 Å². The van der Waals surface area contributed by atoms with Crippen molar-refractivity contribution in [1.82, 2.24) is 10.4 Å². The van der Waals surface area contributed by atoms with E-state index in [4.69, 9.17) is 14.7 Å². The van der Waals surface area contributed by atoms with Crippen LogP contribution in [0.3, 0.4) is 0 Å². The summed E-state index contributed by atoms with van der Waals surface area (Å²) in [5, 5.41) is 20.1. The average Bonchev–Trinajstić information content (AvgIpc) is 2.83. The summed E-state index contributed by atoms with van der Waals surface area (Å²) in [4.78, 5) is 38.9. The van der Waals surface area contributed by atoms with Gasteiger partial charge in [-0.2, -0.15) is 0 Å². The Labute approximate surface area is 184 Å². The van der Waals surface area contributed by atoms with Crippen LogP contribution in [0, 0.1) is 10.1 Å². The van der Waals surface area contributed by atoms with Crippen LogP contribution in [0.15, 0.2) is 36.4 Å². The first-order chi connectivity index (χ1) is 15.4. The molecule has 1 saturated heterocycles. The van der Waals surface area contributed by atoms with Gasteiger partial charge in [0.25, 0.3) is 11.6 Å².